The van der Waals surface area contributed by atoms with Gasteiger partial charge in [-0.3, -0.25) is 14.8 Å². The van der Waals surface area contributed by atoms with Gasteiger partial charge in [0.05, 0.1) is 29.0 Å². The van der Waals surface area contributed by atoms with Crippen LogP contribution in [0.4, 0.5) is 25.2 Å². The van der Waals surface area contributed by atoms with E-state index in [2.05, 4.69) is 122 Å². The number of sulfonamides is 2. The predicted octanol–water partition coefficient (Wildman–Crippen LogP) is 15.1. The van der Waals surface area contributed by atoms with E-state index < -0.39 is 66.0 Å². The number of amides is 2. The molecule has 6 aromatic heterocycles. The van der Waals surface area contributed by atoms with Crippen molar-refractivity contribution in [1.29, 1.82) is 0 Å². The van der Waals surface area contributed by atoms with Gasteiger partial charge in [-0.1, -0.05) is 109 Å². The molecule has 8 rings (SSSR count). The number of carbonyl (C=O) groups excluding carboxylic acids is 2. The molecule has 2 aliphatic rings. The molecule has 4 atom stereocenters. The monoisotopic (exact) mass is 1370 g/mol. The van der Waals surface area contributed by atoms with Crippen molar-refractivity contribution in [2.24, 2.45) is 22.4 Å². The molecule has 2 fully saturated rings. The summed E-state index contributed by atoms with van der Waals surface area (Å²) in [4.78, 5) is 63.4. The molecule has 2 amide bonds. The standard InChI is InChI=1S/C34H46FN5O3S.C28H43N5O4S.C10H12FNO2/c1-32(2,3)23-17-19-36-26(20-23)25(14-12-22-16-18-34(7,8)21-22)37-28-10-9-11-29(39-28)44(42,43)40-31(41)24-13-15-27(33(4,5)6)38-30(24)35;1-26(2,3)20-14-15-30-22(16-20)21(31-23-10-9-11-24(32-23)38(29,35)36)13-12-19-17-28(7,8)33(18-19)25(34)37-27(4,5)6;1-10(2,3)7-5-4-6(9(13)14)8(11)12-7/h9-11,13,15,17,19-20,22,25H,12,14,16,18,21H2,1-8H3,(H,37,39)(H,40,41);9-11,14-16,19,21H,12-13,17-18H2,1-8H3,(H,31,32)(H2,29,35,36);4-5H,1-3H3,(H,13,14)/t22-,25?;19-,21?;/m10./s1. The molecule has 0 bridgehead atoms. The minimum Gasteiger partial charge on any atom is -0.478 e. The topological polar surface area (TPSA) is 292 Å². The molecule has 1 saturated carbocycles. The van der Waals surface area contributed by atoms with Crippen molar-refractivity contribution < 1.29 is 49.8 Å². The van der Waals surface area contributed by atoms with E-state index in [1.54, 1.807) is 24.3 Å². The highest BCUT2D eigenvalue weighted by Gasteiger charge is 2.43. The number of carboxylic acid groups (broad SMARTS) is 1. The number of halogens is 2. The fourth-order valence-electron chi connectivity index (χ4n) is 11.6. The summed E-state index contributed by atoms with van der Waals surface area (Å²) in [5.74, 6) is -2.74. The number of rotatable bonds is 17. The molecule has 0 spiro atoms. The Labute approximate surface area is 567 Å². The third-order valence-corrected chi connectivity index (χ3v) is 19.0. The van der Waals surface area contributed by atoms with Crippen molar-refractivity contribution in [3.8, 4) is 0 Å². The smallest absolute Gasteiger partial charge is 0.410 e. The van der Waals surface area contributed by atoms with Crippen LogP contribution >= 0.6 is 0 Å². The van der Waals surface area contributed by atoms with Gasteiger partial charge in [-0.05, 0) is 198 Å². The summed E-state index contributed by atoms with van der Waals surface area (Å²) < 4.78 is 85.6. The van der Waals surface area contributed by atoms with Gasteiger partial charge < -0.3 is 25.4 Å². The molecule has 0 aromatic carbocycles. The molecule has 6 N–H and O–H groups in total. The number of ether oxygens (including phenoxy) is 1. The zero-order valence-electron chi connectivity index (χ0n) is 59.4. The molecule has 1 aliphatic carbocycles. The number of carboxylic acids is 1. The number of nitrogens with two attached hydrogens (primary N) is 1. The Morgan fingerprint density at radius 2 is 1.08 bits per heavy atom. The first-order chi connectivity index (χ1) is 44.0. The lowest BCUT2D eigenvalue weighted by Gasteiger charge is -2.33. The average molecular weight is 1370 g/mol. The third-order valence-electron chi connectivity index (χ3n) is 17.0. The van der Waals surface area contributed by atoms with Gasteiger partial charge >= 0.3 is 12.1 Å². The maximum atomic E-state index is 14.7. The van der Waals surface area contributed by atoms with Crippen molar-refractivity contribution >= 4 is 49.7 Å². The maximum absolute atomic E-state index is 14.7. The molecule has 7 heterocycles. The number of carbonyl (C=O) groups is 3. The summed E-state index contributed by atoms with van der Waals surface area (Å²) in [5, 5.41) is 20.2. The largest absolute Gasteiger partial charge is 0.478 e. The third kappa shape index (κ3) is 22.2. The molecule has 24 heteroatoms. The SMILES string of the molecule is CC(C)(C)OC(=O)N1C[C@@H](CCC(Nc2cccc(S(N)(=O)=O)n2)c2cc(C(C)(C)C)ccn2)CC1(C)C.CC(C)(C)c1ccc(C(=O)O)c(F)n1.CC1(C)CC[C@@H](CCC(Nc2cccc(S(=O)(=O)NC(=O)c3ccc(C(C)(C)C)nc3F)n2)c2cc(C(C)(C)C)ccn2)C1. The van der Waals surface area contributed by atoms with E-state index in [0.29, 0.717) is 47.3 Å². The van der Waals surface area contributed by atoms with Crippen LogP contribution in [-0.4, -0.2) is 92.4 Å². The highest BCUT2D eigenvalue weighted by Crippen LogP contribution is 2.44. The van der Waals surface area contributed by atoms with Gasteiger partial charge in [0, 0.05) is 46.7 Å². The summed E-state index contributed by atoms with van der Waals surface area (Å²) in [6, 6.07) is 22.6. The Balaban J connectivity index is 0.000000255. The molecule has 0 radical (unpaired) electrons. The second-order valence-electron chi connectivity index (χ2n) is 31.8. The van der Waals surface area contributed by atoms with E-state index in [0.717, 1.165) is 48.2 Å². The molecular weight excluding hydrogens is 1260 g/mol. The van der Waals surface area contributed by atoms with Crippen LogP contribution in [0.1, 0.15) is 250 Å². The Kier molecular flexibility index (Phi) is 24.2. The zero-order valence-corrected chi connectivity index (χ0v) is 61.0. The second kappa shape index (κ2) is 30.0. The van der Waals surface area contributed by atoms with E-state index in [9.17, 15) is 40.0 Å². The van der Waals surface area contributed by atoms with Crippen LogP contribution in [0.15, 0.2) is 107 Å². The Hall–Kier alpha value is -7.57. The van der Waals surface area contributed by atoms with Crippen molar-refractivity contribution in [2.75, 3.05) is 17.2 Å². The highest BCUT2D eigenvalue weighted by atomic mass is 32.2. The molecule has 20 nitrogen and oxygen atoms in total. The van der Waals surface area contributed by atoms with Crippen molar-refractivity contribution in [3.63, 3.8) is 0 Å². The summed E-state index contributed by atoms with van der Waals surface area (Å²) in [6.07, 6.45) is 11.1. The predicted molar refractivity (Wildman–Crippen MR) is 371 cm³/mol. The first-order valence-corrected chi connectivity index (χ1v) is 35.6. The van der Waals surface area contributed by atoms with Crippen molar-refractivity contribution in [3.05, 3.63) is 154 Å². The van der Waals surface area contributed by atoms with Crippen LogP contribution in [0.5, 0.6) is 0 Å². The number of nitrogens with zero attached hydrogens (tertiary/aromatic N) is 7. The van der Waals surface area contributed by atoms with Gasteiger partial charge in [-0.2, -0.15) is 17.2 Å². The highest BCUT2D eigenvalue weighted by molar-refractivity contribution is 7.90. The summed E-state index contributed by atoms with van der Waals surface area (Å²) in [6.45, 7) is 39.2. The van der Waals surface area contributed by atoms with E-state index in [1.165, 1.54) is 55.7 Å². The average Bonchev–Trinajstić information content (AvgIpc) is 1.52. The number of anilines is 2. The lowest BCUT2D eigenvalue weighted by Crippen LogP contribution is -2.45. The van der Waals surface area contributed by atoms with Crippen molar-refractivity contribution in [2.45, 2.75) is 238 Å². The van der Waals surface area contributed by atoms with Crippen LogP contribution in [0.25, 0.3) is 0 Å². The number of hydrogen-bond acceptors (Lipinski definition) is 16. The van der Waals surface area contributed by atoms with Crippen LogP contribution < -0.4 is 20.5 Å². The van der Waals surface area contributed by atoms with Crippen LogP contribution in [0.3, 0.4) is 0 Å². The lowest BCUT2D eigenvalue weighted by molar-refractivity contribution is 0.0130. The van der Waals surface area contributed by atoms with Gasteiger partial charge in [0.2, 0.25) is 11.9 Å². The van der Waals surface area contributed by atoms with Gasteiger partial charge in [0.1, 0.15) is 22.8 Å². The zero-order chi connectivity index (χ0) is 72.0. The Bertz CT molecular complexity index is 3970. The molecule has 1 aliphatic heterocycles. The van der Waals surface area contributed by atoms with E-state index >= 15 is 0 Å². The van der Waals surface area contributed by atoms with Crippen molar-refractivity contribution in [1.82, 2.24) is 39.5 Å². The van der Waals surface area contributed by atoms with Gasteiger partial charge in [-0.15, -0.1) is 0 Å². The first kappa shape index (κ1) is 77.4. The number of aromatic carboxylic acids is 1. The fraction of sp³-hybridized carbons (Fsp3) is 0.542. The molecule has 96 heavy (non-hydrogen) atoms. The summed E-state index contributed by atoms with van der Waals surface area (Å²) in [5.41, 5.74) is 2.79. The second-order valence-corrected chi connectivity index (χ2v) is 34.9. The number of pyridine rings is 6. The Morgan fingerprint density at radius 3 is 1.50 bits per heavy atom. The number of nitrogens with one attached hydrogen (secondary N) is 3. The van der Waals surface area contributed by atoms with Crippen LogP contribution in [-0.2, 0) is 46.4 Å². The van der Waals surface area contributed by atoms with Gasteiger partial charge in [0.15, 0.2) is 10.1 Å². The molecule has 524 valence electrons. The lowest BCUT2D eigenvalue weighted by atomic mass is 9.86. The maximum Gasteiger partial charge on any atom is 0.410 e. The molecule has 6 aromatic rings. The number of aromatic nitrogens is 6. The Morgan fingerprint density at radius 1 is 0.625 bits per heavy atom. The van der Waals surface area contributed by atoms with Gasteiger partial charge in [0.25, 0.3) is 26.0 Å². The van der Waals surface area contributed by atoms with E-state index in [1.807, 2.05) is 96.5 Å². The minimum atomic E-state index is -4.41. The van der Waals surface area contributed by atoms with E-state index in [4.69, 9.17) is 15.0 Å². The fourth-order valence-corrected chi connectivity index (χ4v) is 13.0. The first-order valence-electron chi connectivity index (χ1n) is 32.6. The summed E-state index contributed by atoms with van der Waals surface area (Å²) >= 11 is 0. The van der Waals surface area contributed by atoms with Crippen LogP contribution in [0.2, 0.25) is 0 Å². The number of likely N-dealkylation sites (tertiary alicyclic amines) is 1. The van der Waals surface area contributed by atoms with E-state index in [-0.39, 0.29) is 55.9 Å². The quantitative estimate of drug-likeness (QED) is 0.0530. The number of primary sulfonamides is 1. The van der Waals surface area contributed by atoms with Gasteiger partial charge in [-0.25, -0.2) is 47.8 Å². The number of hydrogen-bond donors (Lipinski definition) is 5. The minimum absolute atomic E-state index is 0.0581. The van der Waals surface area contributed by atoms with Crippen LogP contribution in [0, 0.1) is 29.1 Å². The molecule has 1 saturated heterocycles. The summed E-state index contributed by atoms with van der Waals surface area (Å²) in [7, 11) is -8.34. The molecular formula is C72H101F2N11O9S2. The normalized spacial score (nSPS) is 17.2. The molecule has 2 unspecified atom stereocenters.